The summed E-state index contributed by atoms with van der Waals surface area (Å²) in [6.45, 7) is 2.17. The maximum absolute atomic E-state index is 11.0. The number of ether oxygens (including phenoxy) is 1. The summed E-state index contributed by atoms with van der Waals surface area (Å²) in [4.78, 5) is 14.6. The first-order valence-corrected chi connectivity index (χ1v) is 6.08. The van der Waals surface area contributed by atoms with Gasteiger partial charge in [-0.3, -0.25) is 10.1 Å². The van der Waals surface area contributed by atoms with E-state index >= 15 is 0 Å². The molecule has 0 saturated carbocycles. The van der Waals surface area contributed by atoms with E-state index < -0.39 is 4.92 Å². The average molecular weight is 273 g/mol. The number of methoxy groups -OCH3 is 1. The van der Waals surface area contributed by atoms with Crippen molar-refractivity contribution in [2.24, 2.45) is 0 Å². The number of rotatable bonds is 5. The number of anilines is 1. The molecule has 0 amide bonds. The molecule has 0 radical (unpaired) electrons. The van der Waals surface area contributed by atoms with E-state index in [0.717, 1.165) is 16.9 Å². The van der Waals surface area contributed by atoms with Crippen molar-refractivity contribution in [3.05, 3.63) is 57.8 Å². The van der Waals surface area contributed by atoms with Crippen LogP contribution in [0.3, 0.4) is 0 Å². The number of nitro groups is 1. The van der Waals surface area contributed by atoms with Gasteiger partial charge in [0, 0.05) is 24.4 Å². The molecule has 1 aromatic carbocycles. The third-order valence-corrected chi connectivity index (χ3v) is 2.84. The summed E-state index contributed by atoms with van der Waals surface area (Å²) in [7, 11) is 1.59. The van der Waals surface area contributed by atoms with E-state index in [1.807, 2.05) is 24.3 Å². The van der Waals surface area contributed by atoms with Crippen molar-refractivity contribution in [2.45, 2.75) is 13.5 Å². The fourth-order valence-corrected chi connectivity index (χ4v) is 1.86. The van der Waals surface area contributed by atoms with Crippen LogP contribution in [0.4, 0.5) is 11.5 Å². The monoisotopic (exact) mass is 273 g/mol. The second-order valence-electron chi connectivity index (χ2n) is 4.30. The molecular formula is C14H15N3O3. The Morgan fingerprint density at radius 1 is 1.40 bits per heavy atom. The van der Waals surface area contributed by atoms with Crippen molar-refractivity contribution in [1.82, 2.24) is 4.98 Å². The van der Waals surface area contributed by atoms with Crippen molar-refractivity contribution in [1.29, 1.82) is 0 Å². The standard InChI is InChI=1S/C14H15N3O3/c1-10-7-12(17(18)19)14(15-8-10)16-9-11-5-3-4-6-13(11)20-2/h3-8H,9H2,1-2H3,(H,15,16). The smallest absolute Gasteiger partial charge is 0.311 e. The van der Waals surface area contributed by atoms with Crippen molar-refractivity contribution in [2.75, 3.05) is 12.4 Å². The molecule has 1 heterocycles. The third kappa shape index (κ3) is 3.03. The van der Waals surface area contributed by atoms with Crippen LogP contribution in [0.5, 0.6) is 5.75 Å². The molecule has 0 unspecified atom stereocenters. The number of nitrogens with one attached hydrogen (secondary N) is 1. The largest absolute Gasteiger partial charge is 0.496 e. The van der Waals surface area contributed by atoms with Gasteiger partial charge in [0.15, 0.2) is 0 Å². The van der Waals surface area contributed by atoms with E-state index in [0.29, 0.717) is 6.54 Å². The molecule has 6 heteroatoms. The Morgan fingerprint density at radius 3 is 2.85 bits per heavy atom. The SMILES string of the molecule is COc1ccccc1CNc1ncc(C)cc1[N+](=O)[O-]. The minimum atomic E-state index is -0.440. The van der Waals surface area contributed by atoms with Gasteiger partial charge in [-0.2, -0.15) is 0 Å². The first-order chi connectivity index (χ1) is 9.61. The maximum Gasteiger partial charge on any atom is 0.311 e. The van der Waals surface area contributed by atoms with Crippen LogP contribution < -0.4 is 10.1 Å². The first kappa shape index (κ1) is 13.8. The van der Waals surface area contributed by atoms with Gasteiger partial charge < -0.3 is 10.1 Å². The summed E-state index contributed by atoms with van der Waals surface area (Å²) in [5.41, 5.74) is 1.63. The molecule has 0 bridgehead atoms. The van der Waals surface area contributed by atoms with Crippen LogP contribution in [0.1, 0.15) is 11.1 Å². The second kappa shape index (κ2) is 6.01. The van der Waals surface area contributed by atoms with Crippen molar-refractivity contribution >= 4 is 11.5 Å². The fraction of sp³-hybridized carbons (Fsp3) is 0.214. The predicted molar refractivity (Wildman–Crippen MR) is 75.9 cm³/mol. The minimum absolute atomic E-state index is 0.0279. The maximum atomic E-state index is 11.0. The van der Waals surface area contributed by atoms with Gasteiger partial charge in [0.25, 0.3) is 0 Å². The molecule has 1 N–H and O–H groups in total. The van der Waals surface area contributed by atoms with Crippen LogP contribution in [0.15, 0.2) is 36.5 Å². The van der Waals surface area contributed by atoms with Crippen LogP contribution in [0.25, 0.3) is 0 Å². The molecule has 1 aromatic heterocycles. The summed E-state index contributed by atoms with van der Waals surface area (Å²) in [5, 5.41) is 14.0. The molecule has 0 atom stereocenters. The van der Waals surface area contributed by atoms with Gasteiger partial charge in [-0.15, -0.1) is 0 Å². The highest BCUT2D eigenvalue weighted by atomic mass is 16.6. The second-order valence-corrected chi connectivity index (χ2v) is 4.30. The van der Waals surface area contributed by atoms with Gasteiger partial charge in [-0.25, -0.2) is 4.98 Å². The molecule has 6 nitrogen and oxygen atoms in total. The van der Waals surface area contributed by atoms with E-state index in [-0.39, 0.29) is 11.5 Å². The number of pyridine rings is 1. The van der Waals surface area contributed by atoms with Crippen LogP contribution in [0.2, 0.25) is 0 Å². The molecule has 104 valence electrons. The van der Waals surface area contributed by atoms with Gasteiger partial charge >= 0.3 is 5.69 Å². The Kier molecular flexibility index (Phi) is 4.14. The number of aryl methyl sites for hydroxylation is 1. The van der Waals surface area contributed by atoms with Crippen LogP contribution >= 0.6 is 0 Å². The zero-order valence-electron chi connectivity index (χ0n) is 11.3. The van der Waals surface area contributed by atoms with E-state index in [1.165, 1.54) is 6.07 Å². The number of aromatic nitrogens is 1. The van der Waals surface area contributed by atoms with Gasteiger partial charge in [-0.05, 0) is 18.6 Å². The van der Waals surface area contributed by atoms with Crippen molar-refractivity contribution < 1.29 is 9.66 Å². The lowest BCUT2D eigenvalue weighted by atomic mass is 10.2. The van der Waals surface area contributed by atoms with Crippen LogP contribution in [0, 0.1) is 17.0 Å². The predicted octanol–water partition coefficient (Wildman–Crippen LogP) is 2.92. The summed E-state index contributed by atoms with van der Waals surface area (Å²) in [5.74, 6) is 0.987. The Balaban J connectivity index is 2.21. The zero-order chi connectivity index (χ0) is 14.5. The number of hydrogen-bond acceptors (Lipinski definition) is 5. The molecule has 0 aliphatic rings. The quantitative estimate of drug-likeness (QED) is 0.669. The minimum Gasteiger partial charge on any atom is -0.496 e. The van der Waals surface area contributed by atoms with E-state index in [1.54, 1.807) is 20.2 Å². The molecule has 0 saturated heterocycles. The topological polar surface area (TPSA) is 77.3 Å². The number of nitrogens with zero attached hydrogens (tertiary/aromatic N) is 2. The Labute approximate surface area is 116 Å². The Morgan fingerprint density at radius 2 is 2.15 bits per heavy atom. The molecule has 0 aliphatic heterocycles. The molecule has 20 heavy (non-hydrogen) atoms. The number of para-hydroxylation sites is 1. The van der Waals surface area contributed by atoms with Gasteiger partial charge in [0.2, 0.25) is 5.82 Å². The van der Waals surface area contributed by atoms with E-state index in [2.05, 4.69) is 10.3 Å². The summed E-state index contributed by atoms with van der Waals surface area (Å²) >= 11 is 0. The summed E-state index contributed by atoms with van der Waals surface area (Å²) in [6, 6.07) is 8.99. The molecule has 0 fully saturated rings. The van der Waals surface area contributed by atoms with E-state index in [4.69, 9.17) is 4.74 Å². The lowest BCUT2D eigenvalue weighted by Gasteiger charge is -2.10. The average Bonchev–Trinajstić information content (AvgIpc) is 2.46. The van der Waals surface area contributed by atoms with Gasteiger partial charge in [0.1, 0.15) is 5.75 Å². The summed E-state index contributed by atoms with van der Waals surface area (Å²) < 4.78 is 5.24. The molecule has 0 spiro atoms. The Bertz CT molecular complexity index is 629. The van der Waals surface area contributed by atoms with Gasteiger partial charge in [-0.1, -0.05) is 18.2 Å². The lowest BCUT2D eigenvalue weighted by Crippen LogP contribution is -2.06. The fourth-order valence-electron chi connectivity index (χ4n) is 1.86. The highest BCUT2D eigenvalue weighted by Crippen LogP contribution is 2.24. The number of hydrogen-bond donors (Lipinski definition) is 1. The first-order valence-electron chi connectivity index (χ1n) is 6.08. The van der Waals surface area contributed by atoms with E-state index in [9.17, 15) is 10.1 Å². The zero-order valence-corrected chi connectivity index (χ0v) is 11.3. The number of benzene rings is 1. The van der Waals surface area contributed by atoms with Gasteiger partial charge in [0.05, 0.1) is 12.0 Å². The van der Waals surface area contributed by atoms with Crippen LogP contribution in [-0.4, -0.2) is 17.0 Å². The van der Waals surface area contributed by atoms with Crippen molar-refractivity contribution in [3.63, 3.8) is 0 Å². The third-order valence-electron chi connectivity index (χ3n) is 2.84. The highest BCUT2D eigenvalue weighted by Gasteiger charge is 2.15. The molecule has 0 aliphatic carbocycles. The molecule has 2 rings (SSSR count). The Hall–Kier alpha value is -2.63. The highest BCUT2D eigenvalue weighted by molar-refractivity contribution is 5.57. The van der Waals surface area contributed by atoms with Crippen molar-refractivity contribution in [3.8, 4) is 5.75 Å². The molecular weight excluding hydrogens is 258 g/mol. The molecule has 2 aromatic rings. The summed E-state index contributed by atoms with van der Waals surface area (Å²) in [6.07, 6.45) is 1.59. The normalized spacial score (nSPS) is 10.1. The lowest BCUT2D eigenvalue weighted by molar-refractivity contribution is -0.384. The van der Waals surface area contributed by atoms with Crippen LogP contribution in [-0.2, 0) is 6.54 Å².